The molecular formula is C14H17N3O4. The second kappa shape index (κ2) is 5.92. The summed E-state index contributed by atoms with van der Waals surface area (Å²) in [6.45, 7) is 2.14. The number of carbonyl (C=O) groups excluding carboxylic acids is 2. The number of benzene rings is 1. The van der Waals surface area contributed by atoms with Gasteiger partial charge in [-0.1, -0.05) is 0 Å². The summed E-state index contributed by atoms with van der Waals surface area (Å²) < 4.78 is 0. The van der Waals surface area contributed by atoms with Crippen molar-refractivity contribution in [3.63, 3.8) is 0 Å². The zero-order valence-corrected chi connectivity index (χ0v) is 11.6. The fourth-order valence-corrected chi connectivity index (χ4v) is 2.32. The van der Waals surface area contributed by atoms with Gasteiger partial charge < -0.3 is 21.1 Å². The number of carboxylic acids is 1. The van der Waals surface area contributed by atoms with E-state index in [-0.39, 0.29) is 5.91 Å². The third-order valence-corrected chi connectivity index (χ3v) is 3.35. The van der Waals surface area contributed by atoms with E-state index in [2.05, 4.69) is 5.32 Å². The number of rotatable bonds is 4. The minimum absolute atomic E-state index is 0.0194. The predicted molar refractivity (Wildman–Crippen MR) is 77.0 cm³/mol. The summed E-state index contributed by atoms with van der Waals surface area (Å²) in [6, 6.07) is 4.13. The SMILES string of the molecule is CC(=O)N1CCc2cc(NC(=O)C(N)CC(=O)O)ccc21. The first-order valence-corrected chi connectivity index (χ1v) is 6.57. The lowest BCUT2D eigenvalue weighted by Gasteiger charge is -2.15. The molecule has 1 aromatic rings. The maximum Gasteiger partial charge on any atom is 0.305 e. The van der Waals surface area contributed by atoms with Gasteiger partial charge in [0.15, 0.2) is 0 Å². The van der Waals surface area contributed by atoms with Crippen molar-refractivity contribution in [1.82, 2.24) is 0 Å². The molecule has 21 heavy (non-hydrogen) atoms. The highest BCUT2D eigenvalue weighted by Crippen LogP contribution is 2.30. The van der Waals surface area contributed by atoms with Crippen LogP contribution in [-0.2, 0) is 20.8 Å². The van der Waals surface area contributed by atoms with Crippen molar-refractivity contribution in [3.05, 3.63) is 23.8 Å². The van der Waals surface area contributed by atoms with Crippen LogP contribution >= 0.6 is 0 Å². The van der Waals surface area contributed by atoms with Gasteiger partial charge in [0, 0.05) is 24.8 Å². The molecule has 0 aliphatic carbocycles. The smallest absolute Gasteiger partial charge is 0.305 e. The van der Waals surface area contributed by atoms with Crippen LogP contribution < -0.4 is 16.0 Å². The fraction of sp³-hybridized carbons (Fsp3) is 0.357. The molecule has 7 nitrogen and oxygen atoms in total. The Morgan fingerprint density at radius 1 is 1.43 bits per heavy atom. The quantitative estimate of drug-likeness (QED) is 0.740. The molecule has 1 heterocycles. The topological polar surface area (TPSA) is 113 Å². The van der Waals surface area contributed by atoms with Gasteiger partial charge in [0.2, 0.25) is 11.8 Å². The molecule has 0 fully saturated rings. The Labute approximate surface area is 121 Å². The highest BCUT2D eigenvalue weighted by Gasteiger charge is 2.23. The number of fused-ring (bicyclic) bond motifs is 1. The van der Waals surface area contributed by atoms with Crippen molar-refractivity contribution in [1.29, 1.82) is 0 Å². The molecule has 1 unspecified atom stereocenters. The molecule has 0 spiro atoms. The van der Waals surface area contributed by atoms with Crippen molar-refractivity contribution in [2.45, 2.75) is 25.8 Å². The van der Waals surface area contributed by atoms with Crippen LogP contribution in [0.3, 0.4) is 0 Å². The molecule has 4 N–H and O–H groups in total. The lowest BCUT2D eigenvalue weighted by atomic mass is 10.1. The number of carbonyl (C=O) groups is 3. The van der Waals surface area contributed by atoms with Crippen LogP contribution in [0.2, 0.25) is 0 Å². The number of anilines is 2. The summed E-state index contributed by atoms with van der Waals surface area (Å²) in [5.41, 5.74) is 7.85. The highest BCUT2D eigenvalue weighted by atomic mass is 16.4. The van der Waals surface area contributed by atoms with E-state index < -0.39 is 24.3 Å². The fourth-order valence-electron chi connectivity index (χ4n) is 2.32. The van der Waals surface area contributed by atoms with Crippen LogP contribution in [-0.4, -0.2) is 35.5 Å². The molecule has 0 saturated heterocycles. The van der Waals surface area contributed by atoms with Gasteiger partial charge in [-0.15, -0.1) is 0 Å². The van der Waals surface area contributed by atoms with Gasteiger partial charge in [-0.05, 0) is 30.2 Å². The van der Waals surface area contributed by atoms with Crippen LogP contribution in [0.1, 0.15) is 18.9 Å². The molecular weight excluding hydrogens is 274 g/mol. The van der Waals surface area contributed by atoms with Gasteiger partial charge in [0.05, 0.1) is 12.5 Å². The largest absolute Gasteiger partial charge is 0.481 e. The van der Waals surface area contributed by atoms with E-state index in [4.69, 9.17) is 10.8 Å². The predicted octanol–water partition coefficient (Wildman–Crippen LogP) is 0.336. The van der Waals surface area contributed by atoms with Crippen LogP contribution in [0, 0.1) is 0 Å². The summed E-state index contributed by atoms with van der Waals surface area (Å²) in [6.07, 6.45) is 0.300. The number of carboxylic acid groups (broad SMARTS) is 1. The minimum Gasteiger partial charge on any atom is -0.481 e. The molecule has 1 aliphatic heterocycles. The van der Waals surface area contributed by atoms with E-state index in [0.717, 1.165) is 17.7 Å². The molecule has 1 atom stereocenters. The Hall–Kier alpha value is -2.41. The average molecular weight is 291 g/mol. The van der Waals surface area contributed by atoms with Gasteiger partial charge in [-0.3, -0.25) is 14.4 Å². The van der Waals surface area contributed by atoms with Crippen LogP contribution in [0.15, 0.2) is 18.2 Å². The molecule has 2 amide bonds. The van der Waals surface area contributed by atoms with E-state index in [1.165, 1.54) is 6.92 Å². The number of aliphatic carboxylic acids is 1. The average Bonchev–Trinajstić information content (AvgIpc) is 2.80. The van der Waals surface area contributed by atoms with Gasteiger partial charge in [0.25, 0.3) is 0 Å². The first kappa shape index (κ1) is 15.0. The van der Waals surface area contributed by atoms with Crippen molar-refractivity contribution in [2.24, 2.45) is 5.73 Å². The molecule has 7 heteroatoms. The molecule has 0 aromatic heterocycles. The maximum atomic E-state index is 11.8. The normalized spacial score (nSPS) is 14.5. The van der Waals surface area contributed by atoms with Gasteiger partial charge in [0.1, 0.15) is 0 Å². The van der Waals surface area contributed by atoms with Gasteiger partial charge in [-0.2, -0.15) is 0 Å². The molecule has 0 saturated carbocycles. The second-order valence-corrected chi connectivity index (χ2v) is 4.96. The molecule has 0 bridgehead atoms. The van der Waals surface area contributed by atoms with Gasteiger partial charge in [-0.25, -0.2) is 0 Å². The van der Waals surface area contributed by atoms with E-state index >= 15 is 0 Å². The summed E-state index contributed by atoms with van der Waals surface area (Å²) in [4.78, 5) is 35.4. The van der Waals surface area contributed by atoms with Crippen molar-refractivity contribution < 1.29 is 19.5 Å². The Kier molecular flexibility index (Phi) is 4.23. The Morgan fingerprint density at radius 2 is 2.14 bits per heavy atom. The van der Waals surface area contributed by atoms with Crippen LogP contribution in [0.4, 0.5) is 11.4 Å². The van der Waals surface area contributed by atoms with E-state index in [9.17, 15) is 14.4 Å². The Balaban J connectivity index is 2.08. The van der Waals surface area contributed by atoms with E-state index in [1.54, 1.807) is 23.1 Å². The lowest BCUT2D eigenvalue weighted by Crippen LogP contribution is -2.37. The third kappa shape index (κ3) is 3.38. The zero-order chi connectivity index (χ0) is 15.6. The summed E-state index contributed by atoms with van der Waals surface area (Å²) in [7, 11) is 0. The highest BCUT2D eigenvalue weighted by molar-refractivity contribution is 5.98. The zero-order valence-electron chi connectivity index (χ0n) is 11.6. The molecule has 2 rings (SSSR count). The lowest BCUT2D eigenvalue weighted by molar-refractivity contribution is -0.138. The maximum absolute atomic E-state index is 11.8. The van der Waals surface area contributed by atoms with Gasteiger partial charge >= 0.3 is 5.97 Å². The van der Waals surface area contributed by atoms with Crippen LogP contribution in [0.25, 0.3) is 0 Å². The number of nitrogens with one attached hydrogen (secondary N) is 1. The van der Waals surface area contributed by atoms with Crippen molar-refractivity contribution in [3.8, 4) is 0 Å². The molecule has 0 radical (unpaired) electrons. The minimum atomic E-state index is -1.12. The van der Waals surface area contributed by atoms with Crippen LogP contribution in [0.5, 0.6) is 0 Å². The molecule has 1 aliphatic rings. The Bertz CT molecular complexity index is 600. The molecule has 112 valence electrons. The number of hydrogen-bond acceptors (Lipinski definition) is 4. The standard InChI is InChI=1S/C14H17N3O4/c1-8(18)17-5-4-9-6-10(2-3-12(9)17)16-14(21)11(15)7-13(19)20/h2-3,6,11H,4-5,7,15H2,1H3,(H,16,21)(H,19,20). The van der Waals surface area contributed by atoms with Crippen molar-refractivity contribution in [2.75, 3.05) is 16.8 Å². The number of hydrogen-bond donors (Lipinski definition) is 3. The number of nitrogens with two attached hydrogens (primary N) is 1. The first-order valence-electron chi connectivity index (χ1n) is 6.57. The number of nitrogens with zero attached hydrogens (tertiary/aromatic N) is 1. The summed E-state index contributed by atoms with van der Waals surface area (Å²) >= 11 is 0. The second-order valence-electron chi connectivity index (χ2n) is 4.96. The Morgan fingerprint density at radius 3 is 2.76 bits per heavy atom. The first-order chi connectivity index (χ1) is 9.88. The summed E-state index contributed by atoms with van der Waals surface area (Å²) in [5.74, 6) is -1.68. The van der Waals surface area contributed by atoms with Crippen molar-refractivity contribution >= 4 is 29.2 Å². The summed E-state index contributed by atoms with van der Waals surface area (Å²) in [5, 5.41) is 11.2. The van der Waals surface area contributed by atoms with E-state index in [0.29, 0.717) is 12.2 Å². The monoisotopic (exact) mass is 291 g/mol. The van der Waals surface area contributed by atoms with E-state index in [1.807, 2.05) is 0 Å². The third-order valence-electron chi connectivity index (χ3n) is 3.35. The number of amides is 2. The molecule has 1 aromatic carbocycles.